The quantitative estimate of drug-likeness (QED) is 0.399. The van der Waals surface area contributed by atoms with Gasteiger partial charge >= 0.3 is 10.1 Å². The van der Waals surface area contributed by atoms with Crippen LogP contribution in [0.2, 0.25) is 5.02 Å². The maximum absolute atomic E-state index is 12.6. The number of nitriles is 1. The highest BCUT2D eigenvalue weighted by Crippen LogP contribution is 2.43. The maximum atomic E-state index is 12.6. The lowest BCUT2D eigenvalue weighted by atomic mass is 9.83. The standard InChI is InChI=1S/C23H17ClN2O4S2/c1-31-17-7-2-14(3-8-17)22-19-11-6-16(12-21(19)29-23(26)20(22)13-25)30-32(27,28)18-9-4-15(24)5-10-18/h2-12,22H,26H2,1H3. The van der Waals surface area contributed by atoms with Gasteiger partial charge in [0.05, 0.1) is 5.92 Å². The highest BCUT2D eigenvalue weighted by molar-refractivity contribution is 7.98. The average molecular weight is 485 g/mol. The minimum atomic E-state index is -4.07. The Morgan fingerprint density at radius 2 is 1.78 bits per heavy atom. The van der Waals surface area contributed by atoms with Crippen molar-refractivity contribution in [2.45, 2.75) is 15.7 Å². The number of benzene rings is 3. The molecule has 9 heteroatoms. The molecule has 1 aliphatic rings. The zero-order valence-electron chi connectivity index (χ0n) is 16.8. The predicted molar refractivity (Wildman–Crippen MR) is 123 cm³/mol. The van der Waals surface area contributed by atoms with Crippen molar-refractivity contribution in [1.29, 1.82) is 5.26 Å². The lowest BCUT2D eigenvalue weighted by molar-refractivity contribution is 0.391. The smallest absolute Gasteiger partial charge is 0.339 e. The number of nitrogens with two attached hydrogens (primary N) is 1. The van der Waals surface area contributed by atoms with E-state index in [0.717, 1.165) is 10.5 Å². The van der Waals surface area contributed by atoms with E-state index in [1.54, 1.807) is 17.8 Å². The van der Waals surface area contributed by atoms with Crippen LogP contribution < -0.4 is 14.7 Å². The van der Waals surface area contributed by atoms with E-state index in [0.29, 0.717) is 16.3 Å². The van der Waals surface area contributed by atoms with E-state index in [4.69, 9.17) is 26.3 Å². The van der Waals surface area contributed by atoms with Crippen LogP contribution in [0.15, 0.2) is 88.0 Å². The summed E-state index contributed by atoms with van der Waals surface area (Å²) in [7, 11) is -4.07. The van der Waals surface area contributed by atoms with Crippen LogP contribution in [0.5, 0.6) is 11.5 Å². The van der Waals surface area contributed by atoms with Gasteiger partial charge in [-0.3, -0.25) is 0 Å². The first-order valence-electron chi connectivity index (χ1n) is 9.38. The van der Waals surface area contributed by atoms with E-state index < -0.39 is 16.0 Å². The zero-order valence-corrected chi connectivity index (χ0v) is 19.2. The fraction of sp³-hybridized carbons (Fsp3) is 0.0870. The van der Waals surface area contributed by atoms with Gasteiger partial charge in [-0.25, -0.2) is 0 Å². The number of hydrogen-bond acceptors (Lipinski definition) is 7. The molecule has 0 saturated heterocycles. The van der Waals surface area contributed by atoms with Crippen molar-refractivity contribution in [3.05, 3.63) is 94.3 Å². The van der Waals surface area contributed by atoms with E-state index >= 15 is 0 Å². The molecule has 6 nitrogen and oxygen atoms in total. The van der Waals surface area contributed by atoms with E-state index in [2.05, 4.69) is 6.07 Å². The van der Waals surface area contributed by atoms with Gasteiger partial charge in [0.25, 0.3) is 0 Å². The maximum Gasteiger partial charge on any atom is 0.339 e. The van der Waals surface area contributed by atoms with Crippen LogP contribution in [-0.2, 0) is 10.1 Å². The lowest BCUT2D eigenvalue weighted by Crippen LogP contribution is -2.21. The second kappa shape index (κ2) is 8.79. The SMILES string of the molecule is CSc1ccc(C2C(C#N)=C(N)Oc3cc(OS(=O)(=O)c4ccc(Cl)cc4)ccc32)cc1. The minimum Gasteiger partial charge on any atom is -0.440 e. The van der Waals surface area contributed by atoms with Crippen molar-refractivity contribution in [2.24, 2.45) is 5.73 Å². The van der Waals surface area contributed by atoms with Crippen molar-refractivity contribution in [3.8, 4) is 17.6 Å². The summed E-state index contributed by atoms with van der Waals surface area (Å²) >= 11 is 7.44. The molecule has 2 N–H and O–H groups in total. The van der Waals surface area contributed by atoms with E-state index in [1.165, 1.54) is 36.4 Å². The van der Waals surface area contributed by atoms with Gasteiger partial charge in [0, 0.05) is 21.5 Å². The fourth-order valence-corrected chi connectivity index (χ4v) is 4.86. The number of nitrogens with zero attached hydrogens (tertiary/aromatic N) is 1. The normalized spacial score (nSPS) is 15.5. The van der Waals surface area contributed by atoms with Crippen molar-refractivity contribution in [3.63, 3.8) is 0 Å². The van der Waals surface area contributed by atoms with Gasteiger partial charge in [0.2, 0.25) is 5.88 Å². The Balaban J connectivity index is 1.71. The summed E-state index contributed by atoms with van der Waals surface area (Å²) in [5.74, 6) is -0.0918. The third-order valence-corrected chi connectivity index (χ3v) is 7.20. The second-order valence-electron chi connectivity index (χ2n) is 6.89. The zero-order chi connectivity index (χ0) is 22.9. The third kappa shape index (κ3) is 4.28. The molecule has 1 aliphatic heterocycles. The van der Waals surface area contributed by atoms with Gasteiger partial charge in [-0.2, -0.15) is 13.7 Å². The van der Waals surface area contributed by atoms with Gasteiger partial charge in [-0.1, -0.05) is 29.8 Å². The van der Waals surface area contributed by atoms with Gasteiger partial charge in [-0.05, 0) is 54.3 Å². The van der Waals surface area contributed by atoms with Crippen molar-refractivity contribution in [1.82, 2.24) is 0 Å². The van der Waals surface area contributed by atoms with Crippen LogP contribution in [0, 0.1) is 11.3 Å². The highest BCUT2D eigenvalue weighted by atomic mass is 35.5. The monoisotopic (exact) mass is 484 g/mol. The van der Waals surface area contributed by atoms with Crippen molar-refractivity contribution in [2.75, 3.05) is 6.26 Å². The Bertz CT molecular complexity index is 1350. The molecular formula is C23H17ClN2O4S2. The molecule has 1 atom stereocenters. The first-order valence-corrected chi connectivity index (χ1v) is 12.4. The first-order chi connectivity index (χ1) is 15.3. The molecule has 3 aromatic carbocycles. The average Bonchev–Trinajstić information content (AvgIpc) is 2.78. The number of fused-ring (bicyclic) bond motifs is 1. The molecule has 0 aliphatic carbocycles. The molecule has 0 aromatic heterocycles. The molecule has 4 rings (SSSR count). The summed E-state index contributed by atoms with van der Waals surface area (Å²) in [6.07, 6.45) is 1.98. The summed E-state index contributed by atoms with van der Waals surface area (Å²) in [6.45, 7) is 0. The van der Waals surface area contributed by atoms with Crippen LogP contribution in [0.4, 0.5) is 0 Å². The molecule has 1 unspecified atom stereocenters. The first kappa shape index (κ1) is 22.1. The molecule has 3 aromatic rings. The van der Waals surface area contributed by atoms with Gasteiger partial charge in [0.1, 0.15) is 28.0 Å². The summed E-state index contributed by atoms with van der Waals surface area (Å²) < 4.78 is 36.1. The van der Waals surface area contributed by atoms with Crippen molar-refractivity contribution < 1.29 is 17.3 Å². The molecule has 0 spiro atoms. The Kier molecular flexibility index (Phi) is 6.07. The van der Waals surface area contributed by atoms with Gasteiger partial charge in [0.15, 0.2) is 0 Å². The topological polar surface area (TPSA) is 102 Å². The van der Waals surface area contributed by atoms with E-state index in [-0.39, 0.29) is 22.1 Å². The second-order valence-corrected chi connectivity index (χ2v) is 9.75. The van der Waals surface area contributed by atoms with Crippen LogP contribution >= 0.6 is 23.4 Å². The van der Waals surface area contributed by atoms with Gasteiger partial charge < -0.3 is 14.7 Å². The molecule has 0 amide bonds. The minimum absolute atomic E-state index is 0.0292. The van der Waals surface area contributed by atoms with Crippen LogP contribution in [-0.4, -0.2) is 14.7 Å². The molecule has 162 valence electrons. The highest BCUT2D eigenvalue weighted by Gasteiger charge is 2.31. The predicted octanol–water partition coefficient (Wildman–Crippen LogP) is 5.05. The molecular weight excluding hydrogens is 468 g/mol. The number of hydrogen-bond donors (Lipinski definition) is 1. The van der Waals surface area contributed by atoms with E-state index in [9.17, 15) is 13.7 Å². The van der Waals surface area contributed by atoms with E-state index in [1.807, 2.05) is 30.5 Å². The molecule has 0 fully saturated rings. The lowest BCUT2D eigenvalue weighted by Gasteiger charge is -2.26. The van der Waals surface area contributed by atoms with Crippen molar-refractivity contribution >= 4 is 33.5 Å². The number of allylic oxidation sites excluding steroid dienone is 1. The van der Waals surface area contributed by atoms with Crippen LogP contribution in [0.1, 0.15) is 17.0 Å². The Labute approximate surface area is 195 Å². The number of ether oxygens (including phenoxy) is 1. The van der Waals surface area contributed by atoms with Crippen LogP contribution in [0.3, 0.4) is 0 Å². The number of thioether (sulfide) groups is 1. The summed E-state index contributed by atoms with van der Waals surface area (Å²) in [4.78, 5) is 1.06. The Morgan fingerprint density at radius 1 is 1.09 bits per heavy atom. The third-order valence-electron chi connectivity index (χ3n) is 4.95. The largest absolute Gasteiger partial charge is 0.440 e. The summed E-state index contributed by atoms with van der Waals surface area (Å²) in [5, 5.41) is 10.1. The number of rotatable bonds is 5. The summed E-state index contributed by atoms with van der Waals surface area (Å²) in [6, 6.07) is 20.3. The molecule has 32 heavy (non-hydrogen) atoms. The Hall–Kier alpha value is -3.12. The molecule has 0 radical (unpaired) electrons. The molecule has 0 bridgehead atoms. The molecule has 1 heterocycles. The molecule has 0 saturated carbocycles. The fourth-order valence-electron chi connectivity index (χ4n) is 3.40. The van der Waals surface area contributed by atoms with Gasteiger partial charge in [-0.15, -0.1) is 11.8 Å². The Morgan fingerprint density at radius 3 is 2.41 bits per heavy atom. The van der Waals surface area contributed by atoms with Crippen LogP contribution in [0.25, 0.3) is 0 Å². The summed E-state index contributed by atoms with van der Waals surface area (Å²) in [5.41, 5.74) is 7.87. The number of halogens is 1.